The topological polar surface area (TPSA) is 83.9 Å². The standard InChI is InChI=1S/C30H32ClNO5/c1-28(2,3)37-27(35)32-23-11-6-5-10-22(23)30(26(32)34)17-29(4,36)24(19-8-7-9-21(33)16-19)25(30)18-12-14-20(31)15-13-18/h5-6,10-16,24-25,36H,7-9,17H2,1-4H3/t24-,25-,29+,30-/m1/s1. The van der Waals surface area contributed by atoms with Gasteiger partial charge in [0.2, 0.25) is 5.91 Å². The molecule has 2 aromatic carbocycles. The fourth-order valence-corrected chi connectivity index (χ4v) is 6.81. The maximum Gasteiger partial charge on any atom is 0.421 e. The molecule has 0 radical (unpaired) electrons. The molecule has 2 aliphatic carbocycles. The number of benzene rings is 2. The van der Waals surface area contributed by atoms with E-state index in [1.165, 1.54) is 0 Å². The summed E-state index contributed by atoms with van der Waals surface area (Å²) in [5, 5.41) is 12.5. The summed E-state index contributed by atoms with van der Waals surface area (Å²) in [5.74, 6) is -1.43. The number of hydrogen-bond donors (Lipinski definition) is 1. The molecule has 37 heavy (non-hydrogen) atoms. The van der Waals surface area contributed by atoms with Gasteiger partial charge in [-0.1, -0.05) is 47.5 Å². The van der Waals surface area contributed by atoms with Crippen molar-refractivity contribution in [3.63, 3.8) is 0 Å². The summed E-state index contributed by atoms with van der Waals surface area (Å²) < 4.78 is 5.65. The fourth-order valence-electron chi connectivity index (χ4n) is 6.68. The highest BCUT2D eigenvalue weighted by atomic mass is 35.5. The van der Waals surface area contributed by atoms with Gasteiger partial charge in [-0.3, -0.25) is 9.59 Å². The Balaban J connectivity index is 1.75. The second-order valence-electron chi connectivity index (χ2n) is 11.7. The molecule has 5 rings (SSSR count). The average molecular weight is 522 g/mol. The summed E-state index contributed by atoms with van der Waals surface area (Å²) in [4.78, 5) is 41.5. The molecular weight excluding hydrogens is 490 g/mol. The Morgan fingerprint density at radius 2 is 1.73 bits per heavy atom. The zero-order chi connectivity index (χ0) is 26.8. The average Bonchev–Trinajstić information content (AvgIpc) is 3.20. The van der Waals surface area contributed by atoms with Crippen molar-refractivity contribution < 1.29 is 24.2 Å². The smallest absolute Gasteiger partial charge is 0.421 e. The third-order valence-corrected chi connectivity index (χ3v) is 8.07. The summed E-state index contributed by atoms with van der Waals surface area (Å²) in [6.45, 7) is 7.01. The molecule has 194 valence electrons. The number of carbonyl (C=O) groups is 3. The van der Waals surface area contributed by atoms with Gasteiger partial charge in [0.05, 0.1) is 16.7 Å². The van der Waals surface area contributed by atoms with Crippen molar-refractivity contribution in [3.05, 3.63) is 76.3 Å². The van der Waals surface area contributed by atoms with Crippen molar-refractivity contribution in [2.24, 2.45) is 5.92 Å². The highest BCUT2D eigenvalue weighted by Crippen LogP contribution is 2.65. The number of allylic oxidation sites excluding steroid dienone is 1. The molecule has 1 spiro atoms. The molecule has 1 fully saturated rings. The molecule has 2 aromatic rings. The summed E-state index contributed by atoms with van der Waals surface area (Å²) in [5.41, 5.74) is -0.548. The molecular formula is C30H32ClNO5. The number of anilines is 1. The first kappa shape index (κ1) is 25.7. The third-order valence-electron chi connectivity index (χ3n) is 7.82. The van der Waals surface area contributed by atoms with Crippen LogP contribution in [0.25, 0.3) is 0 Å². The summed E-state index contributed by atoms with van der Waals surface area (Å²) in [6.07, 6.45) is 2.85. The molecule has 1 aliphatic heterocycles. The minimum absolute atomic E-state index is 0.0291. The normalized spacial score (nSPS) is 29.5. The number of aliphatic hydroxyl groups is 1. The maximum atomic E-state index is 14.5. The van der Waals surface area contributed by atoms with Gasteiger partial charge in [-0.15, -0.1) is 0 Å². The van der Waals surface area contributed by atoms with Crippen LogP contribution in [0.4, 0.5) is 10.5 Å². The van der Waals surface area contributed by atoms with Gasteiger partial charge < -0.3 is 9.84 Å². The number of nitrogens with zero attached hydrogens (tertiary/aromatic N) is 1. The molecule has 1 saturated carbocycles. The largest absolute Gasteiger partial charge is 0.443 e. The van der Waals surface area contributed by atoms with Gasteiger partial charge >= 0.3 is 6.09 Å². The predicted octanol–water partition coefficient (Wildman–Crippen LogP) is 6.09. The first-order valence-electron chi connectivity index (χ1n) is 12.7. The lowest BCUT2D eigenvalue weighted by Crippen LogP contribution is -2.47. The minimum atomic E-state index is -1.32. The summed E-state index contributed by atoms with van der Waals surface area (Å²) in [6, 6.07) is 14.5. The Hall–Kier alpha value is -2.96. The van der Waals surface area contributed by atoms with Crippen molar-refractivity contribution in [2.45, 2.75) is 75.9 Å². The van der Waals surface area contributed by atoms with Crippen LogP contribution in [0.5, 0.6) is 0 Å². The molecule has 0 saturated heterocycles. The number of ether oxygens (including phenoxy) is 1. The summed E-state index contributed by atoms with van der Waals surface area (Å²) >= 11 is 6.22. The van der Waals surface area contributed by atoms with E-state index in [-0.39, 0.29) is 12.2 Å². The minimum Gasteiger partial charge on any atom is -0.443 e. The van der Waals surface area contributed by atoms with E-state index in [0.29, 0.717) is 35.5 Å². The van der Waals surface area contributed by atoms with Gasteiger partial charge in [-0.05, 0) is 82.4 Å². The first-order valence-corrected chi connectivity index (χ1v) is 13.1. The summed E-state index contributed by atoms with van der Waals surface area (Å²) in [7, 11) is 0. The van der Waals surface area contributed by atoms with Crippen LogP contribution < -0.4 is 4.90 Å². The van der Waals surface area contributed by atoms with Crippen LogP contribution in [-0.2, 0) is 19.7 Å². The second-order valence-corrected chi connectivity index (χ2v) is 12.1. The molecule has 3 aliphatic rings. The van der Waals surface area contributed by atoms with E-state index < -0.39 is 40.5 Å². The maximum absolute atomic E-state index is 14.5. The SMILES string of the molecule is CC(C)(C)OC(=O)N1C(=O)[C@]2(C[C@](C)(O)[C@H](C3=CC(=O)CCC3)[C@H]2c2ccc(Cl)cc2)c2ccccc21. The number of fused-ring (bicyclic) bond motifs is 2. The van der Waals surface area contributed by atoms with Gasteiger partial charge in [0.15, 0.2) is 5.78 Å². The number of para-hydroxylation sites is 1. The number of ketones is 1. The van der Waals surface area contributed by atoms with E-state index >= 15 is 0 Å². The lowest BCUT2D eigenvalue weighted by atomic mass is 9.66. The highest BCUT2D eigenvalue weighted by Gasteiger charge is 2.68. The molecule has 1 N–H and O–H groups in total. The number of hydrogen-bond acceptors (Lipinski definition) is 5. The van der Waals surface area contributed by atoms with Gasteiger partial charge in [-0.2, -0.15) is 0 Å². The van der Waals surface area contributed by atoms with Crippen molar-refractivity contribution >= 4 is 35.1 Å². The number of imide groups is 1. The lowest BCUT2D eigenvalue weighted by molar-refractivity contribution is -0.124. The fraction of sp³-hybridized carbons (Fsp3) is 0.433. The van der Waals surface area contributed by atoms with E-state index in [1.54, 1.807) is 58.0 Å². The lowest BCUT2D eigenvalue weighted by Gasteiger charge is -2.36. The molecule has 7 heteroatoms. The quantitative estimate of drug-likeness (QED) is 0.516. The molecule has 1 heterocycles. The van der Waals surface area contributed by atoms with Crippen LogP contribution >= 0.6 is 11.6 Å². The van der Waals surface area contributed by atoms with E-state index in [1.807, 2.05) is 24.3 Å². The van der Waals surface area contributed by atoms with E-state index in [4.69, 9.17) is 16.3 Å². The van der Waals surface area contributed by atoms with Gasteiger partial charge in [0, 0.05) is 23.3 Å². The number of rotatable bonds is 2. The zero-order valence-corrected chi connectivity index (χ0v) is 22.3. The molecule has 0 bridgehead atoms. The van der Waals surface area contributed by atoms with E-state index in [9.17, 15) is 19.5 Å². The van der Waals surface area contributed by atoms with Gasteiger partial charge in [0.25, 0.3) is 0 Å². The number of halogens is 1. The zero-order valence-electron chi connectivity index (χ0n) is 21.6. The number of carbonyl (C=O) groups excluding carboxylic acids is 3. The molecule has 4 atom stereocenters. The van der Waals surface area contributed by atoms with Crippen molar-refractivity contribution in [2.75, 3.05) is 4.90 Å². The Kier molecular flexibility index (Phi) is 6.12. The van der Waals surface area contributed by atoms with Crippen LogP contribution in [0.1, 0.15) is 70.4 Å². The van der Waals surface area contributed by atoms with Crippen molar-refractivity contribution in [3.8, 4) is 0 Å². The Bertz CT molecular complexity index is 1310. The number of amides is 2. The van der Waals surface area contributed by atoms with Crippen LogP contribution in [0.2, 0.25) is 5.02 Å². The molecule has 0 aromatic heterocycles. The van der Waals surface area contributed by atoms with Crippen LogP contribution in [0.3, 0.4) is 0 Å². The Labute approximate surface area is 222 Å². The Morgan fingerprint density at radius 3 is 2.38 bits per heavy atom. The van der Waals surface area contributed by atoms with E-state index in [0.717, 1.165) is 16.0 Å². The van der Waals surface area contributed by atoms with Crippen LogP contribution in [-0.4, -0.2) is 34.1 Å². The van der Waals surface area contributed by atoms with Crippen LogP contribution in [0.15, 0.2) is 60.2 Å². The van der Waals surface area contributed by atoms with Crippen molar-refractivity contribution in [1.29, 1.82) is 0 Å². The van der Waals surface area contributed by atoms with Gasteiger partial charge in [-0.25, -0.2) is 9.69 Å². The molecule has 0 unspecified atom stereocenters. The third kappa shape index (κ3) is 4.20. The second kappa shape index (κ2) is 8.81. The first-order chi connectivity index (χ1) is 17.3. The van der Waals surface area contributed by atoms with Crippen LogP contribution in [0, 0.1) is 5.92 Å². The van der Waals surface area contributed by atoms with Crippen molar-refractivity contribution in [1.82, 2.24) is 0 Å². The Morgan fingerprint density at radius 1 is 1.05 bits per heavy atom. The predicted molar refractivity (Wildman–Crippen MR) is 142 cm³/mol. The molecule has 2 amide bonds. The van der Waals surface area contributed by atoms with E-state index in [2.05, 4.69) is 0 Å². The van der Waals surface area contributed by atoms with Gasteiger partial charge in [0.1, 0.15) is 5.60 Å². The molecule has 6 nitrogen and oxygen atoms in total. The highest BCUT2D eigenvalue weighted by molar-refractivity contribution is 6.30. The monoisotopic (exact) mass is 521 g/mol.